The molecule has 150 valence electrons. The van der Waals surface area contributed by atoms with E-state index in [2.05, 4.69) is 30.1 Å². The Morgan fingerprint density at radius 1 is 1.29 bits per heavy atom. The van der Waals surface area contributed by atoms with E-state index < -0.39 is 5.24 Å². The van der Waals surface area contributed by atoms with Gasteiger partial charge in [-0.05, 0) is 18.5 Å². The number of hydrogen-bond donors (Lipinski definition) is 1. The van der Waals surface area contributed by atoms with Crippen LogP contribution >= 0.6 is 22.9 Å². The van der Waals surface area contributed by atoms with Gasteiger partial charge < -0.3 is 15.0 Å². The summed E-state index contributed by atoms with van der Waals surface area (Å²) in [4.78, 5) is 39.9. The number of aryl methyl sites for hydroxylation is 1. The molecule has 0 spiro atoms. The molecular formula is C17H21ClN6O3S. The van der Waals surface area contributed by atoms with Crippen LogP contribution in [0.25, 0.3) is 0 Å². The van der Waals surface area contributed by atoms with Crippen LogP contribution in [0.4, 0.5) is 16.8 Å². The predicted octanol–water partition coefficient (Wildman–Crippen LogP) is 2.05. The maximum atomic E-state index is 11.2. The van der Waals surface area contributed by atoms with Crippen LogP contribution in [-0.2, 0) is 9.53 Å². The third-order valence-electron chi connectivity index (χ3n) is 4.17. The summed E-state index contributed by atoms with van der Waals surface area (Å²) in [5.74, 6) is 1.84. The topological polar surface area (TPSA) is 101 Å². The molecule has 1 N–H and O–H groups in total. The van der Waals surface area contributed by atoms with E-state index in [-0.39, 0.29) is 5.97 Å². The Morgan fingerprint density at radius 3 is 2.68 bits per heavy atom. The van der Waals surface area contributed by atoms with E-state index in [1.807, 2.05) is 13.0 Å². The van der Waals surface area contributed by atoms with Gasteiger partial charge in [0.15, 0.2) is 5.13 Å². The standard InChI is InChI=1S/C17H21ClN6O3S/c1-11-20-14(22-17-19-10-13(28-17)16(18)26)9-15(21-11)24-5-3-23(4-6-24)7-8-27-12(2)25/h9-10H,3-8H2,1-2H3,(H,19,20,21,22). The van der Waals surface area contributed by atoms with Gasteiger partial charge in [0.2, 0.25) is 0 Å². The Kier molecular flexibility index (Phi) is 6.76. The van der Waals surface area contributed by atoms with Crippen molar-refractivity contribution in [2.24, 2.45) is 0 Å². The predicted molar refractivity (Wildman–Crippen MR) is 108 cm³/mol. The van der Waals surface area contributed by atoms with Gasteiger partial charge in [-0.1, -0.05) is 11.3 Å². The van der Waals surface area contributed by atoms with E-state index >= 15 is 0 Å². The molecule has 1 fully saturated rings. The Morgan fingerprint density at radius 2 is 2.04 bits per heavy atom. The van der Waals surface area contributed by atoms with Crippen LogP contribution in [0.3, 0.4) is 0 Å². The summed E-state index contributed by atoms with van der Waals surface area (Å²) >= 11 is 6.65. The number of piperazine rings is 1. The van der Waals surface area contributed by atoms with Crippen molar-refractivity contribution in [3.8, 4) is 0 Å². The second kappa shape index (κ2) is 9.26. The lowest BCUT2D eigenvalue weighted by Gasteiger charge is -2.35. The van der Waals surface area contributed by atoms with Gasteiger partial charge in [-0.25, -0.2) is 15.0 Å². The average molecular weight is 425 g/mol. The van der Waals surface area contributed by atoms with Crippen molar-refractivity contribution in [2.45, 2.75) is 13.8 Å². The minimum absolute atomic E-state index is 0.252. The summed E-state index contributed by atoms with van der Waals surface area (Å²) in [6, 6.07) is 1.87. The Balaban J connectivity index is 1.60. The van der Waals surface area contributed by atoms with Crippen LogP contribution in [0.15, 0.2) is 12.3 Å². The number of nitrogens with one attached hydrogen (secondary N) is 1. The second-order valence-corrected chi connectivity index (χ2v) is 7.63. The molecule has 0 bridgehead atoms. The van der Waals surface area contributed by atoms with E-state index in [1.54, 1.807) is 0 Å². The molecule has 11 heteroatoms. The molecule has 0 atom stereocenters. The molecule has 0 aromatic carbocycles. The molecule has 1 aliphatic heterocycles. The number of carbonyl (C=O) groups is 2. The zero-order valence-electron chi connectivity index (χ0n) is 15.6. The molecule has 28 heavy (non-hydrogen) atoms. The van der Waals surface area contributed by atoms with Crippen LogP contribution in [0.1, 0.15) is 22.4 Å². The molecule has 0 amide bonds. The van der Waals surface area contributed by atoms with Gasteiger partial charge in [0.1, 0.15) is 28.9 Å². The molecule has 3 heterocycles. The Hall–Kier alpha value is -2.30. The normalized spacial score (nSPS) is 14.8. The lowest BCUT2D eigenvalue weighted by Crippen LogP contribution is -2.47. The average Bonchev–Trinajstić information content (AvgIpc) is 3.10. The van der Waals surface area contributed by atoms with Gasteiger partial charge >= 0.3 is 5.97 Å². The summed E-state index contributed by atoms with van der Waals surface area (Å²) in [6.07, 6.45) is 1.44. The van der Waals surface area contributed by atoms with Gasteiger partial charge in [-0.2, -0.15) is 0 Å². The van der Waals surface area contributed by atoms with Gasteiger partial charge in [-0.15, -0.1) is 0 Å². The van der Waals surface area contributed by atoms with Gasteiger partial charge in [0, 0.05) is 45.7 Å². The van der Waals surface area contributed by atoms with Crippen molar-refractivity contribution >= 4 is 50.9 Å². The SMILES string of the molecule is CC(=O)OCCN1CCN(c2cc(Nc3ncc(C(=O)Cl)s3)nc(C)n2)CC1. The van der Waals surface area contributed by atoms with Gasteiger partial charge in [0.05, 0.1) is 6.20 Å². The fourth-order valence-electron chi connectivity index (χ4n) is 2.83. The minimum atomic E-state index is -0.531. The summed E-state index contributed by atoms with van der Waals surface area (Å²) in [7, 11) is 0. The number of hydrogen-bond acceptors (Lipinski definition) is 10. The number of aromatic nitrogens is 3. The number of carbonyl (C=O) groups excluding carboxylic acids is 2. The molecule has 2 aromatic rings. The van der Waals surface area contributed by atoms with E-state index in [1.165, 1.54) is 24.5 Å². The van der Waals surface area contributed by atoms with Crippen molar-refractivity contribution in [2.75, 3.05) is 49.5 Å². The van der Waals surface area contributed by atoms with Crippen molar-refractivity contribution in [3.05, 3.63) is 23.0 Å². The maximum Gasteiger partial charge on any atom is 0.302 e. The van der Waals surface area contributed by atoms with Gasteiger partial charge in [0.25, 0.3) is 5.24 Å². The summed E-state index contributed by atoms with van der Waals surface area (Å²) < 4.78 is 5.00. The fraction of sp³-hybridized carbons (Fsp3) is 0.471. The second-order valence-electron chi connectivity index (χ2n) is 6.26. The first-order chi connectivity index (χ1) is 13.4. The lowest BCUT2D eigenvalue weighted by molar-refractivity contribution is -0.141. The zero-order valence-corrected chi connectivity index (χ0v) is 17.2. The number of thiazole rings is 1. The van der Waals surface area contributed by atoms with E-state index in [0.29, 0.717) is 28.3 Å². The smallest absolute Gasteiger partial charge is 0.302 e. The van der Waals surface area contributed by atoms with Crippen LogP contribution in [0.2, 0.25) is 0 Å². The first-order valence-corrected chi connectivity index (χ1v) is 9.99. The van der Waals surface area contributed by atoms with Gasteiger partial charge in [-0.3, -0.25) is 14.5 Å². The quantitative estimate of drug-likeness (QED) is 0.528. The van der Waals surface area contributed by atoms with E-state index in [9.17, 15) is 9.59 Å². The zero-order chi connectivity index (χ0) is 20.1. The lowest BCUT2D eigenvalue weighted by atomic mass is 10.3. The highest BCUT2D eigenvalue weighted by Gasteiger charge is 2.19. The van der Waals surface area contributed by atoms with Crippen LogP contribution in [0.5, 0.6) is 0 Å². The fourth-order valence-corrected chi connectivity index (χ4v) is 3.65. The van der Waals surface area contributed by atoms with Crippen LogP contribution in [0, 0.1) is 6.92 Å². The number of anilines is 3. The highest BCUT2D eigenvalue weighted by atomic mass is 35.5. The van der Waals surface area contributed by atoms with Crippen molar-refractivity contribution in [1.82, 2.24) is 19.9 Å². The number of nitrogens with zero attached hydrogens (tertiary/aromatic N) is 5. The van der Waals surface area contributed by atoms with Crippen LogP contribution in [-0.4, -0.2) is 70.4 Å². The summed E-state index contributed by atoms with van der Waals surface area (Å²) in [5.41, 5.74) is 0. The Bertz CT molecular complexity index is 853. The summed E-state index contributed by atoms with van der Waals surface area (Å²) in [6.45, 7) is 7.75. The molecule has 0 radical (unpaired) electrons. The Labute approximate surface area is 171 Å². The number of halogens is 1. The number of ether oxygens (including phenoxy) is 1. The molecule has 2 aromatic heterocycles. The number of rotatable bonds is 7. The molecule has 1 aliphatic rings. The monoisotopic (exact) mass is 424 g/mol. The minimum Gasteiger partial charge on any atom is -0.465 e. The van der Waals surface area contributed by atoms with Crippen LogP contribution < -0.4 is 10.2 Å². The van der Waals surface area contributed by atoms with Crippen molar-refractivity contribution < 1.29 is 14.3 Å². The molecular weight excluding hydrogens is 404 g/mol. The molecule has 0 aliphatic carbocycles. The first-order valence-electron chi connectivity index (χ1n) is 8.80. The largest absolute Gasteiger partial charge is 0.465 e. The highest BCUT2D eigenvalue weighted by molar-refractivity contribution is 7.19. The third kappa shape index (κ3) is 5.60. The van der Waals surface area contributed by atoms with E-state index in [0.717, 1.165) is 38.5 Å². The molecule has 3 rings (SSSR count). The van der Waals surface area contributed by atoms with Crippen molar-refractivity contribution in [1.29, 1.82) is 0 Å². The van der Waals surface area contributed by atoms with Crippen molar-refractivity contribution in [3.63, 3.8) is 0 Å². The molecule has 0 saturated carbocycles. The molecule has 1 saturated heterocycles. The summed E-state index contributed by atoms with van der Waals surface area (Å²) in [5, 5.41) is 3.12. The first kappa shape index (κ1) is 20.4. The molecule has 9 nitrogen and oxygen atoms in total. The highest BCUT2D eigenvalue weighted by Crippen LogP contribution is 2.25. The third-order valence-corrected chi connectivity index (χ3v) is 5.40. The van der Waals surface area contributed by atoms with E-state index in [4.69, 9.17) is 16.3 Å². The maximum absolute atomic E-state index is 11.2. The molecule has 0 unspecified atom stereocenters. The number of esters is 1.